The van der Waals surface area contributed by atoms with E-state index in [-0.39, 0.29) is 0 Å². The van der Waals surface area contributed by atoms with Gasteiger partial charge in [0.2, 0.25) is 11.9 Å². The molecule has 1 saturated carbocycles. The summed E-state index contributed by atoms with van der Waals surface area (Å²) >= 11 is 0. The number of fused-ring (bicyclic) bond motifs is 1. The number of aryl methyl sites for hydroxylation is 1. The molecule has 0 bridgehead atoms. The van der Waals surface area contributed by atoms with Crippen LogP contribution in [-0.4, -0.2) is 68.5 Å². The van der Waals surface area contributed by atoms with Crippen molar-refractivity contribution in [2.45, 2.75) is 81.6 Å². The summed E-state index contributed by atoms with van der Waals surface area (Å²) in [5, 5.41) is 10.9. The van der Waals surface area contributed by atoms with E-state index < -0.39 is 36.9 Å². The number of aromatic amines is 1. The van der Waals surface area contributed by atoms with Gasteiger partial charge in [-0.2, -0.15) is 27.6 Å². The van der Waals surface area contributed by atoms with Crippen molar-refractivity contribution in [1.29, 1.82) is 0 Å². The van der Waals surface area contributed by atoms with Gasteiger partial charge >= 0.3 is 11.8 Å². The monoisotopic (exact) mass is 507 g/mol. The van der Waals surface area contributed by atoms with E-state index in [2.05, 4.69) is 15.5 Å². The van der Waals surface area contributed by atoms with Crippen LogP contribution in [0.3, 0.4) is 0 Å². The minimum Gasteiger partial charge on any atom is -0.329 e. The number of hydrogen-bond acceptors (Lipinski definition) is 6. The summed E-state index contributed by atoms with van der Waals surface area (Å²) < 4.78 is 55.0. The molecule has 8 nitrogen and oxygen atoms in total. The first-order chi connectivity index (χ1) is 17.2. The Morgan fingerprint density at radius 1 is 1.00 bits per heavy atom. The van der Waals surface area contributed by atoms with Crippen LogP contribution in [0.15, 0.2) is 6.07 Å². The van der Waals surface area contributed by atoms with Crippen molar-refractivity contribution in [2.24, 2.45) is 0 Å². The molecule has 0 aromatic carbocycles. The fourth-order valence-corrected chi connectivity index (χ4v) is 6.02. The summed E-state index contributed by atoms with van der Waals surface area (Å²) in [5.74, 6) is -7.10. The highest BCUT2D eigenvalue weighted by Crippen LogP contribution is 2.42. The average molecular weight is 508 g/mol. The van der Waals surface area contributed by atoms with E-state index in [1.54, 1.807) is 4.90 Å². The van der Waals surface area contributed by atoms with Gasteiger partial charge in [-0.15, -0.1) is 0 Å². The fourth-order valence-electron chi connectivity index (χ4n) is 6.02. The lowest BCUT2D eigenvalue weighted by Crippen LogP contribution is -2.46. The molecule has 1 unspecified atom stereocenters. The second kappa shape index (κ2) is 8.58. The molecule has 3 fully saturated rings. The molecule has 2 saturated heterocycles. The molecule has 4 heterocycles. The molecule has 12 heteroatoms. The number of hydrogen-bond donors (Lipinski definition) is 2. The number of carbonyl (C=O) groups is 1. The highest BCUT2D eigenvalue weighted by Gasteiger charge is 2.64. The summed E-state index contributed by atoms with van der Waals surface area (Å²) in [4.78, 5) is 24.8. The van der Waals surface area contributed by atoms with Crippen LogP contribution in [0.1, 0.15) is 67.8 Å². The number of halogens is 4. The molecule has 4 aliphatic rings. The maximum Gasteiger partial charge on any atom is 0.329 e. The Bertz CT molecular complexity index is 1150. The number of carbonyl (C=O) groups excluding carboxylic acids is 1. The summed E-state index contributed by atoms with van der Waals surface area (Å²) in [6.07, 6.45) is 8.24. The molecule has 2 aliphatic heterocycles. The quantitative estimate of drug-likeness (QED) is 0.591. The first kappa shape index (κ1) is 23.5. The largest absolute Gasteiger partial charge is 0.329 e. The van der Waals surface area contributed by atoms with E-state index in [1.165, 1.54) is 12.8 Å². The second-order valence-electron chi connectivity index (χ2n) is 10.4. The molecule has 36 heavy (non-hydrogen) atoms. The van der Waals surface area contributed by atoms with Gasteiger partial charge in [0.1, 0.15) is 11.9 Å². The van der Waals surface area contributed by atoms with E-state index in [9.17, 15) is 22.4 Å². The van der Waals surface area contributed by atoms with Gasteiger partial charge in [0.25, 0.3) is 0 Å². The summed E-state index contributed by atoms with van der Waals surface area (Å²) in [6, 6.07) is 1.16. The Kier molecular flexibility index (Phi) is 5.60. The van der Waals surface area contributed by atoms with Gasteiger partial charge in [0.15, 0.2) is 5.82 Å². The van der Waals surface area contributed by atoms with Crippen LogP contribution >= 0.6 is 0 Å². The van der Waals surface area contributed by atoms with Gasteiger partial charge < -0.3 is 15.1 Å². The zero-order chi connectivity index (χ0) is 25.1. The van der Waals surface area contributed by atoms with Crippen molar-refractivity contribution in [3.63, 3.8) is 0 Å². The van der Waals surface area contributed by atoms with Gasteiger partial charge in [-0.3, -0.25) is 9.89 Å². The normalized spacial score (nSPS) is 25.1. The van der Waals surface area contributed by atoms with Crippen molar-refractivity contribution in [3.8, 4) is 0 Å². The SMILES string of the molecule is O=C(C1CCCN1c1nc2c(c(Nc3cc(C4CCCC4)[nH]n3)n1)CCC2)N1CC(F)(F)C(F)(F)C1. The molecule has 6 rings (SSSR count). The maximum absolute atomic E-state index is 13.8. The number of alkyl halides is 4. The van der Waals surface area contributed by atoms with Crippen LogP contribution in [0.25, 0.3) is 0 Å². The number of aromatic nitrogens is 4. The van der Waals surface area contributed by atoms with Crippen molar-refractivity contribution in [2.75, 3.05) is 29.9 Å². The minimum absolute atomic E-state index is 0.318. The Labute approximate surface area is 205 Å². The zero-order valence-corrected chi connectivity index (χ0v) is 19.9. The number of amides is 1. The van der Waals surface area contributed by atoms with Crippen LogP contribution in [0, 0.1) is 0 Å². The number of rotatable bonds is 5. The van der Waals surface area contributed by atoms with E-state index in [0.29, 0.717) is 47.8 Å². The van der Waals surface area contributed by atoms with E-state index >= 15 is 0 Å². The molecule has 0 radical (unpaired) electrons. The lowest BCUT2D eigenvalue weighted by atomic mass is 10.0. The summed E-state index contributed by atoms with van der Waals surface area (Å²) in [6.45, 7) is -2.10. The molecule has 2 aromatic heterocycles. The molecule has 2 N–H and O–H groups in total. The average Bonchev–Trinajstić information content (AvgIpc) is 3.64. The van der Waals surface area contributed by atoms with E-state index in [4.69, 9.17) is 9.97 Å². The molecular formula is C24H29F4N7O. The van der Waals surface area contributed by atoms with Gasteiger partial charge in [-0.1, -0.05) is 12.8 Å². The Balaban J connectivity index is 1.25. The number of likely N-dealkylation sites (tertiary alicyclic amines) is 1. The zero-order valence-electron chi connectivity index (χ0n) is 19.9. The van der Waals surface area contributed by atoms with Crippen molar-refractivity contribution < 1.29 is 22.4 Å². The summed E-state index contributed by atoms with van der Waals surface area (Å²) in [7, 11) is 0. The van der Waals surface area contributed by atoms with Gasteiger partial charge in [0.05, 0.1) is 18.8 Å². The van der Waals surface area contributed by atoms with Crippen molar-refractivity contribution in [3.05, 3.63) is 23.0 Å². The van der Waals surface area contributed by atoms with E-state index in [1.807, 2.05) is 6.07 Å². The molecule has 1 atom stereocenters. The highest BCUT2D eigenvalue weighted by molar-refractivity contribution is 5.86. The Morgan fingerprint density at radius 3 is 2.50 bits per heavy atom. The first-order valence-electron chi connectivity index (χ1n) is 12.7. The second-order valence-corrected chi connectivity index (χ2v) is 10.4. The number of nitrogens with one attached hydrogen (secondary N) is 2. The highest BCUT2D eigenvalue weighted by atomic mass is 19.3. The third-order valence-corrected chi connectivity index (χ3v) is 7.98. The Morgan fingerprint density at radius 2 is 1.75 bits per heavy atom. The predicted molar refractivity (Wildman–Crippen MR) is 124 cm³/mol. The number of anilines is 3. The third kappa shape index (κ3) is 3.98. The van der Waals surface area contributed by atoms with Crippen LogP contribution in [-0.2, 0) is 17.6 Å². The molecule has 0 spiro atoms. The smallest absolute Gasteiger partial charge is 0.329 e. The maximum atomic E-state index is 13.8. The lowest BCUT2D eigenvalue weighted by molar-refractivity contribution is -0.172. The molecular weight excluding hydrogens is 478 g/mol. The predicted octanol–water partition coefficient (Wildman–Crippen LogP) is 4.17. The molecule has 194 valence electrons. The van der Waals surface area contributed by atoms with Gasteiger partial charge in [0, 0.05) is 29.8 Å². The number of nitrogens with zero attached hydrogens (tertiary/aromatic N) is 5. The number of H-pyrrole nitrogens is 1. The van der Waals surface area contributed by atoms with Gasteiger partial charge in [-0.25, -0.2) is 4.98 Å². The summed E-state index contributed by atoms with van der Waals surface area (Å²) in [5.41, 5.74) is 2.99. The topological polar surface area (TPSA) is 90.0 Å². The molecule has 2 aliphatic carbocycles. The lowest BCUT2D eigenvalue weighted by Gasteiger charge is -2.28. The molecule has 1 amide bonds. The standard InChI is InChI=1S/C24H29F4N7O/c25-23(26)12-34(13-24(23,27)28)21(36)18-9-4-10-35(18)22-29-16-8-3-7-15(16)20(31-22)30-19-11-17(32-33-19)14-5-1-2-6-14/h11,14,18H,1-10,12-13H2,(H2,29,30,31,32,33). The van der Waals surface area contributed by atoms with Crippen LogP contribution in [0.5, 0.6) is 0 Å². The Hall–Kier alpha value is -2.92. The van der Waals surface area contributed by atoms with Crippen molar-refractivity contribution in [1.82, 2.24) is 25.1 Å². The van der Waals surface area contributed by atoms with E-state index in [0.717, 1.165) is 49.1 Å². The first-order valence-corrected chi connectivity index (χ1v) is 12.7. The van der Waals surface area contributed by atoms with Gasteiger partial charge in [-0.05, 0) is 44.9 Å². The third-order valence-electron chi connectivity index (χ3n) is 7.98. The van der Waals surface area contributed by atoms with Crippen molar-refractivity contribution >= 4 is 23.5 Å². The minimum atomic E-state index is -4.23. The van der Waals surface area contributed by atoms with Crippen LogP contribution < -0.4 is 10.2 Å². The van der Waals surface area contributed by atoms with Crippen LogP contribution in [0.4, 0.5) is 35.1 Å². The fraction of sp³-hybridized carbons (Fsp3) is 0.667. The molecule has 2 aromatic rings. The van der Waals surface area contributed by atoms with Crippen LogP contribution in [0.2, 0.25) is 0 Å².